The number of hydrogen-bond acceptors (Lipinski definition) is 5. The van der Waals surface area contributed by atoms with Gasteiger partial charge in [0.1, 0.15) is 10.8 Å². The highest BCUT2D eigenvalue weighted by Gasteiger charge is 2.12. The Morgan fingerprint density at radius 2 is 1.96 bits per heavy atom. The van der Waals surface area contributed by atoms with Crippen LogP contribution in [0.3, 0.4) is 0 Å². The first-order chi connectivity index (χ1) is 11.5. The molecule has 0 N–H and O–H groups in total. The molecule has 5 nitrogen and oxygen atoms in total. The minimum absolute atomic E-state index is 0.239. The van der Waals surface area contributed by atoms with E-state index in [1.165, 1.54) is 11.3 Å². The molecule has 0 bridgehead atoms. The van der Waals surface area contributed by atoms with Gasteiger partial charge in [0.25, 0.3) is 0 Å². The molecule has 6 heteroatoms. The van der Waals surface area contributed by atoms with E-state index in [-0.39, 0.29) is 5.69 Å². The molecule has 0 atom stereocenters. The van der Waals surface area contributed by atoms with E-state index in [1.54, 1.807) is 11.7 Å². The van der Waals surface area contributed by atoms with Gasteiger partial charge in [-0.15, -0.1) is 11.3 Å². The molecule has 3 rings (SSSR count). The molecule has 2 heterocycles. The normalized spacial score (nSPS) is 10.8. The average molecular weight is 341 g/mol. The summed E-state index contributed by atoms with van der Waals surface area (Å²) in [4.78, 5) is 20.8. The van der Waals surface area contributed by atoms with Crippen LogP contribution in [0, 0.1) is 20.8 Å². The number of aryl methyl sites for hydroxylation is 3. The molecule has 0 unspecified atom stereocenters. The van der Waals surface area contributed by atoms with Crippen LogP contribution in [0.15, 0.2) is 34.4 Å². The molecule has 0 aliphatic heterocycles. The second kappa shape index (κ2) is 6.57. The van der Waals surface area contributed by atoms with Crippen LogP contribution in [0.4, 0.5) is 0 Å². The Labute approximate surface area is 144 Å². The monoisotopic (exact) mass is 341 g/mol. The van der Waals surface area contributed by atoms with Crippen molar-refractivity contribution in [3.8, 4) is 17.0 Å². The van der Waals surface area contributed by atoms with E-state index in [1.807, 2.05) is 44.4 Å². The number of hydrogen-bond donors (Lipinski definition) is 0. The molecule has 3 aromatic rings. The van der Waals surface area contributed by atoms with Crippen LogP contribution in [0.25, 0.3) is 11.3 Å². The Kier molecular flexibility index (Phi) is 4.49. The Bertz CT molecular complexity index is 944. The smallest absolute Gasteiger partial charge is 0.348 e. The zero-order valence-electron chi connectivity index (χ0n) is 14.2. The van der Waals surface area contributed by atoms with Gasteiger partial charge >= 0.3 is 5.69 Å². The van der Waals surface area contributed by atoms with E-state index < -0.39 is 0 Å². The van der Waals surface area contributed by atoms with E-state index >= 15 is 0 Å². The highest BCUT2D eigenvalue weighted by molar-refractivity contribution is 7.09. The van der Waals surface area contributed by atoms with Crippen molar-refractivity contribution in [2.45, 2.75) is 27.3 Å². The second-order valence-electron chi connectivity index (χ2n) is 5.74. The summed E-state index contributed by atoms with van der Waals surface area (Å²) in [5.41, 5.74) is 4.36. The van der Waals surface area contributed by atoms with Gasteiger partial charge in [0, 0.05) is 22.3 Å². The van der Waals surface area contributed by atoms with Crippen LogP contribution in [-0.4, -0.2) is 21.6 Å². The summed E-state index contributed by atoms with van der Waals surface area (Å²) in [6.07, 6.45) is 0. The summed E-state index contributed by atoms with van der Waals surface area (Å²) in [7, 11) is 1.66. The molecule has 2 aromatic heterocycles. The fourth-order valence-electron chi connectivity index (χ4n) is 2.63. The molecule has 24 heavy (non-hydrogen) atoms. The van der Waals surface area contributed by atoms with Gasteiger partial charge in [-0.3, -0.25) is 4.57 Å². The zero-order valence-corrected chi connectivity index (χ0v) is 15.0. The van der Waals surface area contributed by atoms with Crippen molar-refractivity contribution in [2.24, 2.45) is 0 Å². The van der Waals surface area contributed by atoms with E-state index in [4.69, 9.17) is 4.74 Å². The SMILES string of the molecule is COc1ccc(C)cc1-c1csc(Cn2c(C)cc(C)nc2=O)n1. The van der Waals surface area contributed by atoms with Gasteiger partial charge in [0.05, 0.1) is 19.3 Å². The van der Waals surface area contributed by atoms with Crippen molar-refractivity contribution < 1.29 is 4.74 Å². The maximum atomic E-state index is 12.1. The van der Waals surface area contributed by atoms with Crippen molar-refractivity contribution in [1.82, 2.24) is 14.5 Å². The topological polar surface area (TPSA) is 57.0 Å². The van der Waals surface area contributed by atoms with Crippen LogP contribution in [0.1, 0.15) is 22.0 Å². The molecule has 0 radical (unpaired) electrons. The van der Waals surface area contributed by atoms with Crippen molar-refractivity contribution in [2.75, 3.05) is 7.11 Å². The standard InChI is InChI=1S/C18H19N3O2S/c1-11-5-6-16(23-4)14(7-11)15-10-24-17(20-15)9-21-13(3)8-12(2)19-18(21)22/h5-8,10H,9H2,1-4H3. The summed E-state index contributed by atoms with van der Waals surface area (Å²) in [5, 5.41) is 2.86. The molecular weight excluding hydrogens is 322 g/mol. The molecule has 0 saturated carbocycles. The van der Waals surface area contributed by atoms with Gasteiger partial charge in [-0.1, -0.05) is 11.6 Å². The predicted molar refractivity (Wildman–Crippen MR) is 95.9 cm³/mol. The van der Waals surface area contributed by atoms with Crippen molar-refractivity contribution in [3.63, 3.8) is 0 Å². The summed E-state index contributed by atoms with van der Waals surface area (Å²) >= 11 is 1.53. The summed E-state index contributed by atoms with van der Waals surface area (Å²) in [5.74, 6) is 0.794. The Hall–Kier alpha value is -2.47. The third-order valence-corrected chi connectivity index (χ3v) is 4.66. The van der Waals surface area contributed by atoms with Crippen LogP contribution in [0.2, 0.25) is 0 Å². The molecule has 1 aromatic carbocycles. The number of thiazole rings is 1. The minimum Gasteiger partial charge on any atom is -0.496 e. The Morgan fingerprint density at radius 3 is 2.67 bits per heavy atom. The first-order valence-electron chi connectivity index (χ1n) is 7.62. The molecule has 0 amide bonds. The van der Waals surface area contributed by atoms with E-state index in [0.29, 0.717) is 6.54 Å². The van der Waals surface area contributed by atoms with Gasteiger partial charge in [-0.25, -0.2) is 9.78 Å². The Balaban J connectivity index is 1.95. The molecule has 0 aliphatic rings. The summed E-state index contributed by atoms with van der Waals surface area (Å²) in [6, 6.07) is 7.92. The molecular formula is C18H19N3O2S. The van der Waals surface area contributed by atoms with Crippen molar-refractivity contribution in [3.05, 3.63) is 62.1 Å². The van der Waals surface area contributed by atoms with Crippen LogP contribution in [0.5, 0.6) is 5.75 Å². The zero-order chi connectivity index (χ0) is 17.3. The fraction of sp³-hybridized carbons (Fsp3) is 0.278. The van der Waals surface area contributed by atoms with Gasteiger partial charge in [-0.2, -0.15) is 4.98 Å². The van der Waals surface area contributed by atoms with E-state index in [0.717, 1.165) is 39.0 Å². The lowest BCUT2D eigenvalue weighted by Gasteiger charge is -2.08. The number of aromatic nitrogens is 3. The first-order valence-corrected chi connectivity index (χ1v) is 8.50. The highest BCUT2D eigenvalue weighted by Crippen LogP contribution is 2.31. The highest BCUT2D eigenvalue weighted by atomic mass is 32.1. The predicted octanol–water partition coefficient (Wildman–Crippen LogP) is 3.35. The average Bonchev–Trinajstić information content (AvgIpc) is 2.99. The van der Waals surface area contributed by atoms with Crippen molar-refractivity contribution >= 4 is 11.3 Å². The minimum atomic E-state index is -0.239. The first kappa shape index (κ1) is 16.4. The van der Waals surface area contributed by atoms with Crippen LogP contribution >= 0.6 is 11.3 Å². The molecule has 124 valence electrons. The molecule has 0 aliphatic carbocycles. The number of benzene rings is 1. The van der Waals surface area contributed by atoms with Gasteiger partial charge in [0.15, 0.2) is 0 Å². The number of methoxy groups -OCH3 is 1. The van der Waals surface area contributed by atoms with Gasteiger partial charge < -0.3 is 4.74 Å². The Morgan fingerprint density at radius 1 is 1.17 bits per heavy atom. The number of rotatable bonds is 4. The maximum absolute atomic E-state index is 12.1. The maximum Gasteiger partial charge on any atom is 0.348 e. The third-order valence-electron chi connectivity index (χ3n) is 3.82. The molecule has 0 fully saturated rings. The summed E-state index contributed by atoms with van der Waals surface area (Å²) < 4.78 is 7.08. The van der Waals surface area contributed by atoms with Gasteiger partial charge in [-0.05, 0) is 39.0 Å². The number of ether oxygens (including phenoxy) is 1. The van der Waals surface area contributed by atoms with Crippen LogP contribution in [-0.2, 0) is 6.54 Å². The van der Waals surface area contributed by atoms with Crippen molar-refractivity contribution in [1.29, 1.82) is 0 Å². The van der Waals surface area contributed by atoms with E-state index in [9.17, 15) is 4.79 Å². The molecule has 0 spiro atoms. The lowest BCUT2D eigenvalue weighted by atomic mass is 10.1. The largest absolute Gasteiger partial charge is 0.496 e. The molecule has 0 saturated heterocycles. The quantitative estimate of drug-likeness (QED) is 0.730. The second-order valence-corrected chi connectivity index (χ2v) is 6.68. The summed E-state index contributed by atoms with van der Waals surface area (Å²) in [6.45, 7) is 6.20. The van der Waals surface area contributed by atoms with Gasteiger partial charge in [0.2, 0.25) is 0 Å². The number of nitrogens with zero attached hydrogens (tertiary/aromatic N) is 3. The lowest BCUT2D eigenvalue weighted by molar-refractivity contribution is 0.416. The van der Waals surface area contributed by atoms with E-state index in [2.05, 4.69) is 16.0 Å². The van der Waals surface area contributed by atoms with Crippen LogP contribution < -0.4 is 10.4 Å². The lowest BCUT2D eigenvalue weighted by Crippen LogP contribution is -2.26. The third kappa shape index (κ3) is 3.23. The fourth-order valence-corrected chi connectivity index (χ4v) is 3.41.